The maximum atomic E-state index is 11.6. The molecule has 0 saturated carbocycles. The van der Waals surface area contributed by atoms with E-state index in [0.29, 0.717) is 0 Å². The maximum absolute atomic E-state index is 11.6. The van der Waals surface area contributed by atoms with E-state index >= 15 is 0 Å². The minimum Gasteiger partial charge on any atom is -0.478 e. The monoisotopic (exact) mass is 267 g/mol. The Hall–Kier alpha value is -2.55. The van der Waals surface area contributed by atoms with Crippen LogP contribution in [0.2, 0.25) is 0 Å². The summed E-state index contributed by atoms with van der Waals surface area (Å²) < 4.78 is 0. The number of rotatable bonds is 3. The molecule has 0 aromatic carbocycles. The first kappa shape index (κ1) is 12.9. The normalized spacial score (nSPS) is 18.7. The molecule has 1 aromatic rings. The van der Waals surface area contributed by atoms with Gasteiger partial charge in [-0.15, -0.1) is 0 Å². The summed E-state index contributed by atoms with van der Waals surface area (Å²) >= 11 is 0. The number of nitro groups is 1. The lowest BCUT2D eigenvalue weighted by Gasteiger charge is -2.14. The minimum absolute atomic E-state index is 0.0981. The van der Waals surface area contributed by atoms with Crippen molar-refractivity contribution in [2.75, 3.05) is 11.4 Å². The SMILES string of the molecule is O=C(O)c1cnc(N2CC(O)CC2=O)c([N+](=O)[O-])c1. The van der Waals surface area contributed by atoms with Crippen LogP contribution in [-0.4, -0.2) is 44.6 Å². The van der Waals surface area contributed by atoms with Crippen molar-refractivity contribution in [3.8, 4) is 0 Å². The van der Waals surface area contributed by atoms with Crippen molar-refractivity contribution in [1.82, 2.24) is 4.98 Å². The van der Waals surface area contributed by atoms with Crippen molar-refractivity contribution >= 4 is 23.4 Å². The molecule has 9 nitrogen and oxygen atoms in total. The molecule has 100 valence electrons. The molecule has 0 spiro atoms. The van der Waals surface area contributed by atoms with Crippen molar-refractivity contribution in [2.24, 2.45) is 0 Å². The van der Waals surface area contributed by atoms with Crippen molar-refractivity contribution in [2.45, 2.75) is 12.5 Å². The number of hydrogen-bond donors (Lipinski definition) is 2. The van der Waals surface area contributed by atoms with Crippen molar-refractivity contribution in [3.63, 3.8) is 0 Å². The highest BCUT2D eigenvalue weighted by Gasteiger charge is 2.34. The van der Waals surface area contributed by atoms with Gasteiger partial charge in [0.25, 0.3) is 0 Å². The number of amides is 1. The van der Waals surface area contributed by atoms with E-state index in [1.54, 1.807) is 0 Å². The first-order valence-electron chi connectivity index (χ1n) is 5.26. The molecule has 1 aliphatic heterocycles. The van der Waals surface area contributed by atoms with Crippen LogP contribution in [0.1, 0.15) is 16.8 Å². The number of carbonyl (C=O) groups is 2. The summed E-state index contributed by atoms with van der Waals surface area (Å²) in [4.78, 5) is 37.0. The van der Waals surface area contributed by atoms with Gasteiger partial charge in [0.1, 0.15) is 0 Å². The standard InChI is InChI=1S/C10H9N3O6/c14-6-2-8(15)12(4-6)9-7(13(18)19)1-5(3-11-9)10(16)17/h1,3,6,14H,2,4H2,(H,16,17). The fourth-order valence-electron chi connectivity index (χ4n) is 1.80. The molecule has 9 heteroatoms. The Bertz CT molecular complexity index is 572. The Balaban J connectivity index is 2.48. The van der Waals surface area contributed by atoms with E-state index in [0.717, 1.165) is 17.2 Å². The highest BCUT2D eigenvalue weighted by atomic mass is 16.6. The maximum Gasteiger partial charge on any atom is 0.337 e. The first-order chi connectivity index (χ1) is 8.90. The van der Waals surface area contributed by atoms with Crippen LogP contribution in [0.3, 0.4) is 0 Å². The third kappa shape index (κ3) is 2.36. The van der Waals surface area contributed by atoms with Gasteiger partial charge in [-0.3, -0.25) is 19.8 Å². The average Bonchev–Trinajstić information content (AvgIpc) is 2.67. The van der Waals surface area contributed by atoms with Gasteiger partial charge in [-0.2, -0.15) is 0 Å². The van der Waals surface area contributed by atoms with Crippen LogP contribution in [0.4, 0.5) is 11.5 Å². The minimum atomic E-state index is -1.35. The van der Waals surface area contributed by atoms with Crippen LogP contribution in [0.25, 0.3) is 0 Å². The number of anilines is 1. The smallest absolute Gasteiger partial charge is 0.337 e. The number of aromatic carboxylic acids is 1. The van der Waals surface area contributed by atoms with Crippen LogP contribution in [0.15, 0.2) is 12.3 Å². The molecule has 1 atom stereocenters. The zero-order valence-electron chi connectivity index (χ0n) is 9.52. The summed E-state index contributed by atoms with van der Waals surface area (Å²) in [6, 6.07) is 0.836. The summed E-state index contributed by atoms with van der Waals surface area (Å²) in [5, 5.41) is 29.0. The highest BCUT2D eigenvalue weighted by molar-refractivity contribution is 5.98. The van der Waals surface area contributed by atoms with Gasteiger partial charge >= 0.3 is 11.7 Å². The Labute approximate surface area is 106 Å². The summed E-state index contributed by atoms with van der Waals surface area (Å²) in [6.45, 7) is -0.0981. The fourth-order valence-corrected chi connectivity index (χ4v) is 1.80. The fraction of sp³-hybridized carbons (Fsp3) is 0.300. The zero-order chi connectivity index (χ0) is 14.2. The first-order valence-corrected chi connectivity index (χ1v) is 5.26. The predicted octanol–water partition coefficient (Wildman–Crippen LogP) is -0.214. The number of nitrogens with zero attached hydrogens (tertiary/aromatic N) is 3. The number of hydrogen-bond acceptors (Lipinski definition) is 6. The Kier molecular flexibility index (Phi) is 3.13. The summed E-state index contributed by atoms with van der Waals surface area (Å²) in [5.74, 6) is -2.10. The quantitative estimate of drug-likeness (QED) is 0.571. The predicted molar refractivity (Wildman–Crippen MR) is 60.8 cm³/mol. The van der Waals surface area contributed by atoms with Gasteiger partial charge < -0.3 is 10.2 Å². The van der Waals surface area contributed by atoms with Gasteiger partial charge in [0, 0.05) is 12.3 Å². The van der Waals surface area contributed by atoms with Crippen LogP contribution >= 0.6 is 0 Å². The molecule has 1 saturated heterocycles. The number of aliphatic hydroxyl groups excluding tert-OH is 1. The van der Waals surface area contributed by atoms with E-state index < -0.39 is 28.6 Å². The lowest BCUT2D eigenvalue weighted by molar-refractivity contribution is -0.384. The molecule has 1 aromatic heterocycles. The number of carboxylic acid groups (broad SMARTS) is 1. The second-order valence-electron chi connectivity index (χ2n) is 3.99. The lowest BCUT2D eigenvalue weighted by atomic mass is 10.2. The molecule has 0 radical (unpaired) electrons. The second kappa shape index (κ2) is 4.61. The van der Waals surface area contributed by atoms with Crippen LogP contribution in [0.5, 0.6) is 0 Å². The van der Waals surface area contributed by atoms with Crippen LogP contribution < -0.4 is 4.90 Å². The molecule has 2 rings (SSSR count). The van der Waals surface area contributed by atoms with E-state index in [9.17, 15) is 24.8 Å². The third-order valence-corrected chi connectivity index (χ3v) is 2.65. The van der Waals surface area contributed by atoms with E-state index in [1.165, 1.54) is 0 Å². The highest BCUT2D eigenvalue weighted by Crippen LogP contribution is 2.29. The average molecular weight is 267 g/mol. The Morgan fingerprint density at radius 1 is 1.58 bits per heavy atom. The molecule has 1 fully saturated rings. The number of pyridine rings is 1. The Morgan fingerprint density at radius 2 is 2.26 bits per heavy atom. The molecular formula is C10H9N3O6. The van der Waals surface area contributed by atoms with Gasteiger partial charge in [-0.25, -0.2) is 9.78 Å². The van der Waals surface area contributed by atoms with Crippen molar-refractivity contribution in [1.29, 1.82) is 0 Å². The van der Waals surface area contributed by atoms with E-state index in [4.69, 9.17) is 5.11 Å². The number of β-amino-alcohol motifs (C(OH)–C–C–N with tert-alkyl or cyclic N) is 1. The van der Waals surface area contributed by atoms with Crippen molar-refractivity contribution < 1.29 is 24.7 Å². The van der Waals surface area contributed by atoms with Gasteiger partial charge in [0.15, 0.2) is 0 Å². The molecule has 19 heavy (non-hydrogen) atoms. The third-order valence-electron chi connectivity index (χ3n) is 2.65. The molecule has 2 heterocycles. The lowest BCUT2D eigenvalue weighted by Crippen LogP contribution is -2.27. The van der Waals surface area contributed by atoms with Crippen LogP contribution in [0, 0.1) is 10.1 Å². The molecule has 0 aliphatic carbocycles. The van der Waals surface area contributed by atoms with Gasteiger partial charge in [0.05, 0.1) is 29.6 Å². The molecule has 1 aliphatic rings. The van der Waals surface area contributed by atoms with E-state index in [-0.39, 0.29) is 24.3 Å². The Morgan fingerprint density at radius 3 is 2.74 bits per heavy atom. The molecular weight excluding hydrogens is 258 g/mol. The number of aromatic nitrogens is 1. The van der Waals surface area contributed by atoms with E-state index in [2.05, 4.69) is 4.98 Å². The largest absolute Gasteiger partial charge is 0.478 e. The van der Waals surface area contributed by atoms with Gasteiger partial charge in [0.2, 0.25) is 11.7 Å². The summed E-state index contributed by atoms with van der Waals surface area (Å²) in [6.07, 6.45) is -0.115. The molecule has 0 bridgehead atoms. The number of carbonyl (C=O) groups excluding carboxylic acids is 1. The van der Waals surface area contributed by atoms with Crippen molar-refractivity contribution in [3.05, 3.63) is 27.9 Å². The number of aliphatic hydroxyl groups is 1. The van der Waals surface area contributed by atoms with E-state index in [1.807, 2.05) is 0 Å². The molecule has 1 unspecified atom stereocenters. The number of carboxylic acids is 1. The molecule has 1 amide bonds. The van der Waals surface area contributed by atoms with Gasteiger partial charge in [-0.1, -0.05) is 0 Å². The molecule has 2 N–H and O–H groups in total. The van der Waals surface area contributed by atoms with Crippen LogP contribution in [-0.2, 0) is 4.79 Å². The topological polar surface area (TPSA) is 134 Å². The van der Waals surface area contributed by atoms with Gasteiger partial charge in [-0.05, 0) is 0 Å². The summed E-state index contributed by atoms with van der Waals surface area (Å²) in [5.41, 5.74) is -0.926. The second-order valence-corrected chi connectivity index (χ2v) is 3.99. The zero-order valence-corrected chi connectivity index (χ0v) is 9.52. The summed E-state index contributed by atoms with van der Waals surface area (Å²) in [7, 11) is 0.